The van der Waals surface area contributed by atoms with E-state index in [1.54, 1.807) is 12.1 Å². The Kier molecular flexibility index (Phi) is 4.74. The molecule has 3 aromatic rings. The van der Waals surface area contributed by atoms with Crippen LogP contribution in [0.25, 0.3) is 10.2 Å². The van der Waals surface area contributed by atoms with Crippen LogP contribution in [0, 0.1) is 25.3 Å². The summed E-state index contributed by atoms with van der Waals surface area (Å²) in [5.41, 5.74) is 1.92. The van der Waals surface area contributed by atoms with Gasteiger partial charge in [-0.2, -0.15) is 5.26 Å². The molecule has 146 valence electrons. The summed E-state index contributed by atoms with van der Waals surface area (Å²) in [5.74, 6) is 0.516. The van der Waals surface area contributed by atoms with Crippen molar-refractivity contribution in [2.45, 2.75) is 20.4 Å². The second kappa shape index (κ2) is 7.37. The van der Waals surface area contributed by atoms with E-state index in [9.17, 15) is 9.59 Å². The zero-order chi connectivity index (χ0) is 20.5. The molecule has 3 N–H and O–H groups in total. The van der Waals surface area contributed by atoms with Crippen molar-refractivity contribution in [3.8, 4) is 11.9 Å². The van der Waals surface area contributed by atoms with Crippen molar-refractivity contribution in [3.63, 3.8) is 0 Å². The molecule has 0 saturated heterocycles. The molecule has 9 nitrogen and oxygen atoms in total. The fourth-order valence-electron chi connectivity index (χ4n) is 2.96. The summed E-state index contributed by atoms with van der Waals surface area (Å²) in [4.78, 5) is 37.6. The minimum atomic E-state index is -0.475. The quantitative estimate of drug-likeness (QED) is 0.449. The first kappa shape index (κ1) is 18.6. The van der Waals surface area contributed by atoms with E-state index in [-0.39, 0.29) is 24.5 Å². The van der Waals surface area contributed by atoms with Crippen molar-refractivity contribution >= 4 is 39.0 Å². The second-order valence-corrected chi connectivity index (χ2v) is 7.65. The number of amidine groups is 1. The van der Waals surface area contributed by atoms with Gasteiger partial charge >= 0.3 is 0 Å². The van der Waals surface area contributed by atoms with Crippen LogP contribution < -0.4 is 20.9 Å². The molecule has 29 heavy (non-hydrogen) atoms. The number of hydrogen-bond donors (Lipinski definition) is 3. The fourth-order valence-corrected chi connectivity index (χ4v) is 3.99. The molecular formula is C19H16N6O3S. The number of hydrogen-bond acceptors (Lipinski definition) is 8. The number of nitrogens with zero attached hydrogens (tertiary/aromatic N) is 3. The van der Waals surface area contributed by atoms with Gasteiger partial charge in [-0.15, -0.1) is 11.3 Å². The number of fused-ring (bicyclic) bond motifs is 2. The van der Waals surface area contributed by atoms with Crippen LogP contribution in [-0.2, 0) is 6.54 Å². The largest absolute Gasteiger partial charge is 0.483 e. The van der Waals surface area contributed by atoms with Crippen molar-refractivity contribution in [3.05, 3.63) is 50.4 Å². The third-order valence-corrected chi connectivity index (χ3v) is 5.65. The summed E-state index contributed by atoms with van der Waals surface area (Å²) in [6.07, 6.45) is 1.81. The monoisotopic (exact) mass is 408 g/mol. The van der Waals surface area contributed by atoms with E-state index in [1.807, 2.05) is 26.1 Å². The topological polar surface area (TPSA) is 132 Å². The Morgan fingerprint density at radius 3 is 3.03 bits per heavy atom. The van der Waals surface area contributed by atoms with Crippen molar-refractivity contribution in [1.82, 2.24) is 20.6 Å². The number of benzene rings is 1. The van der Waals surface area contributed by atoms with E-state index in [2.05, 4.69) is 25.6 Å². The predicted octanol–water partition coefficient (Wildman–Crippen LogP) is 2.02. The molecular weight excluding hydrogens is 392 g/mol. The maximum atomic E-state index is 12.5. The zero-order valence-electron chi connectivity index (χ0n) is 15.6. The van der Waals surface area contributed by atoms with Crippen LogP contribution in [0.3, 0.4) is 0 Å². The number of aryl methyl sites for hydroxylation is 2. The molecule has 0 bridgehead atoms. The summed E-state index contributed by atoms with van der Waals surface area (Å²) in [7, 11) is 0. The van der Waals surface area contributed by atoms with Crippen LogP contribution in [0.15, 0.2) is 28.0 Å². The number of aromatic nitrogens is 2. The first-order chi connectivity index (χ1) is 14.0. The maximum Gasteiger partial charge on any atom is 0.287 e. The van der Waals surface area contributed by atoms with E-state index >= 15 is 0 Å². The molecule has 0 unspecified atom stereocenters. The van der Waals surface area contributed by atoms with Crippen molar-refractivity contribution < 1.29 is 9.53 Å². The lowest BCUT2D eigenvalue weighted by Gasteiger charge is -2.16. The van der Waals surface area contributed by atoms with Gasteiger partial charge in [-0.1, -0.05) is 6.07 Å². The molecule has 0 fully saturated rings. The lowest BCUT2D eigenvalue weighted by molar-refractivity contribution is 0.0940. The number of nitrogens with one attached hydrogen (secondary N) is 3. The first-order valence-electron chi connectivity index (χ1n) is 8.73. The minimum Gasteiger partial charge on any atom is -0.483 e. The number of aromatic amines is 1. The van der Waals surface area contributed by atoms with Gasteiger partial charge in [-0.3, -0.25) is 14.9 Å². The molecule has 1 aromatic carbocycles. The number of carbonyl (C=O) groups excluding carboxylic acids is 1. The smallest absolute Gasteiger partial charge is 0.287 e. The number of amides is 1. The van der Waals surface area contributed by atoms with Crippen LogP contribution in [-0.4, -0.2) is 28.3 Å². The minimum absolute atomic E-state index is 0.0245. The fraction of sp³-hybridized carbons (Fsp3) is 0.211. The Balaban J connectivity index is 1.52. The van der Waals surface area contributed by atoms with Crippen LogP contribution in [0.1, 0.15) is 26.6 Å². The summed E-state index contributed by atoms with van der Waals surface area (Å²) < 4.78 is 5.52. The summed E-state index contributed by atoms with van der Waals surface area (Å²) in [6.45, 7) is 4.19. The highest BCUT2D eigenvalue weighted by molar-refractivity contribution is 7.18. The highest BCUT2D eigenvalue weighted by atomic mass is 32.1. The van der Waals surface area contributed by atoms with Gasteiger partial charge in [-0.25, -0.2) is 9.98 Å². The van der Waals surface area contributed by atoms with Crippen LogP contribution in [0.4, 0.5) is 5.69 Å². The molecule has 2 aromatic heterocycles. The average Bonchev–Trinajstić information content (AvgIpc) is 3.00. The molecule has 1 amide bonds. The molecule has 10 heteroatoms. The highest BCUT2D eigenvalue weighted by Crippen LogP contribution is 2.31. The maximum absolute atomic E-state index is 12.5. The Labute approximate surface area is 169 Å². The van der Waals surface area contributed by atoms with Crippen LogP contribution >= 0.6 is 11.3 Å². The summed E-state index contributed by atoms with van der Waals surface area (Å²) >= 11 is 1.39. The third-order valence-electron chi connectivity index (χ3n) is 4.55. The normalized spacial score (nSPS) is 12.5. The van der Waals surface area contributed by atoms with Gasteiger partial charge in [0.2, 0.25) is 5.82 Å². The van der Waals surface area contributed by atoms with E-state index < -0.39 is 5.91 Å². The van der Waals surface area contributed by atoms with Gasteiger partial charge in [0, 0.05) is 11.4 Å². The molecule has 0 atom stereocenters. The Hall–Kier alpha value is -3.71. The van der Waals surface area contributed by atoms with E-state index in [0.717, 1.165) is 16.0 Å². The average molecular weight is 408 g/mol. The predicted molar refractivity (Wildman–Crippen MR) is 109 cm³/mol. The number of aliphatic imine (C=N–C) groups is 1. The second-order valence-electron chi connectivity index (χ2n) is 6.45. The summed E-state index contributed by atoms with van der Waals surface area (Å²) in [6, 6.07) is 5.33. The standard InChI is InChI=1S/C19H16N6O3S/c1-9-10(2)29-19-15(9)17(26)24-16(25-19)18(27)21-6-11-3-4-13-12(5-11)23-14(7-28-13)22-8-20/h3-5H,6-7H2,1-2H3,(H,21,27)(H,22,23)(H,24,25,26). The first-order valence-corrected chi connectivity index (χ1v) is 9.54. The number of rotatable bonds is 3. The SMILES string of the molecule is Cc1sc2nc(C(=O)NCc3ccc4c(c3)N=C(NC#N)CO4)[nH]c(=O)c2c1C. The number of ether oxygens (including phenoxy) is 1. The van der Waals surface area contributed by atoms with Crippen molar-refractivity contribution in [2.75, 3.05) is 6.61 Å². The van der Waals surface area contributed by atoms with Crippen molar-refractivity contribution in [1.29, 1.82) is 5.26 Å². The van der Waals surface area contributed by atoms with E-state index in [0.29, 0.717) is 27.5 Å². The van der Waals surface area contributed by atoms with Gasteiger partial charge in [0.25, 0.3) is 11.5 Å². The lowest BCUT2D eigenvalue weighted by atomic mass is 10.1. The molecule has 1 aliphatic rings. The third kappa shape index (κ3) is 3.55. The number of nitriles is 1. The lowest BCUT2D eigenvalue weighted by Crippen LogP contribution is -2.28. The van der Waals surface area contributed by atoms with E-state index in [4.69, 9.17) is 10.00 Å². The molecule has 1 aliphatic heterocycles. The van der Waals surface area contributed by atoms with Crippen molar-refractivity contribution in [2.24, 2.45) is 4.99 Å². The number of carbonyl (C=O) groups is 1. The Bertz CT molecular complexity index is 1270. The highest BCUT2D eigenvalue weighted by Gasteiger charge is 2.17. The van der Waals surface area contributed by atoms with Gasteiger partial charge in [0.1, 0.15) is 22.9 Å². The van der Waals surface area contributed by atoms with Gasteiger partial charge in [0.05, 0.1) is 5.39 Å². The van der Waals surface area contributed by atoms with Crippen LogP contribution in [0.2, 0.25) is 0 Å². The molecule has 4 rings (SSSR count). The van der Waals surface area contributed by atoms with Gasteiger partial charge < -0.3 is 15.0 Å². The summed E-state index contributed by atoms with van der Waals surface area (Å²) in [5, 5.41) is 14.4. The molecule has 0 aliphatic carbocycles. The molecule has 3 heterocycles. The van der Waals surface area contributed by atoms with Gasteiger partial charge in [0.15, 0.2) is 12.0 Å². The van der Waals surface area contributed by atoms with Crippen LogP contribution in [0.5, 0.6) is 5.75 Å². The van der Waals surface area contributed by atoms with E-state index in [1.165, 1.54) is 11.3 Å². The number of H-pyrrole nitrogens is 1. The molecule has 0 saturated carbocycles. The Morgan fingerprint density at radius 2 is 2.24 bits per heavy atom. The van der Waals surface area contributed by atoms with Gasteiger partial charge in [-0.05, 0) is 37.1 Å². The molecule has 0 radical (unpaired) electrons. The zero-order valence-corrected chi connectivity index (χ0v) is 16.4. The number of thiophene rings is 1. The Morgan fingerprint density at radius 1 is 1.41 bits per heavy atom. The molecule has 0 spiro atoms.